The first-order valence-corrected chi connectivity index (χ1v) is 6.11. The van der Waals surface area contributed by atoms with Crippen LogP contribution >= 0.6 is 0 Å². The zero-order valence-electron chi connectivity index (χ0n) is 11.0. The standard InChI is InChI=1S/C14H11F3N4/c1-21-12-4-5-19-7-11(12)20-13(21)9-3-2-8(6-10(9)18)14(15,16)17/h2-7H,18H2,1H3. The molecule has 0 amide bonds. The van der Waals surface area contributed by atoms with E-state index in [1.165, 1.54) is 6.07 Å². The van der Waals surface area contributed by atoms with Crippen LogP contribution in [0.1, 0.15) is 5.56 Å². The monoisotopic (exact) mass is 292 g/mol. The van der Waals surface area contributed by atoms with Crippen LogP contribution in [0.4, 0.5) is 18.9 Å². The van der Waals surface area contributed by atoms with Crippen molar-refractivity contribution in [1.82, 2.24) is 14.5 Å². The summed E-state index contributed by atoms with van der Waals surface area (Å²) >= 11 is 0. The summed E-state index contributed by atoms with van der Waals surface area (Å²) in [5.74, 6) is 0.504. The Morgan fingerprint density at radius 2 is 1.95 bits per heavy atom. The fourth-order valence-corrected chi connectivity index (χ4v) is 2.24. The fraction of sp³-hybridized carbons (Fsp3) is 0.143. The van der Waals surface area contributed by atoms with Crippen LogP contribution in [0.25, 0.3) is 22.4 Å². The largest absolute Gasteiger partial charge is 0.416 e. The number of aromatic nitrogens is 3. The van der Waals surface area contributed by atoms with Gasteiger partial charge in [0.15, 0.2) is 0 Å². The smallest absolute Gasteiger partial charge is 0.398 e. The van der Waals surface area contributed by atoms with Crippen LogP contribution in [0.3, 0.4) is 0 Å². The van der Waals surface area contributed by atoms with Crippen molar-refractivity contribution in [2.75, 3.05) is 5.73 Å². The predicted molar refractivity (Wildman–Crippen MR) is 73.4 cm³/mol. The Labute approximate surface area is 118 Å². The quantitative estimate of drug-likeness (QED) is 0.700. The number of aryl methyl sites for hydroxylation is 1. The van der Waals surface area contributed by atoms with Crippen molar-refractivity contribution >= 4 is 16.7 Å². The van der Waals surface area contributed by atoms with Gasteiger partial charge in [-0.15, -0.1) is 0 Å². The number of nitrogens with two attached hydrogens (primary N) is 1. The van der Waals surface area contributed by atoms with Crippen molar-refractivity contribution in [3.05, 3.63) is 42.2 Å². The second-order valence-electron chi connectivity index (χ2n) is 4.66. The molecule has 2 heterocycles. The van der Waals surface area contributed by atoms with Gasteiger partial charge in [0.1, 0.15) is 11.3 Å². The van der Waals surface area contributed by atoms with Crippen molar-refractivity contribution in [1.29, 1.82) is 0 Å². The van der Waals surface area contributed by atoms with Crippen molar-refractivity contribution in [3.8, 4) is 11.4 Å². The molecule has 108 valence electrons. The third kappa shape index (κ3) is 2.20. The molecule has 0 saturated carbocycles. The third-order valence-electron chi connectivity index (χ3n) is 3.30. The van der Waals surface area contributed by atoms with Crippen LogP contribution in [-0.4, -0.2) is 14.5 Å². The van der Waals surface area contributed by atoms with Crippen molar-refractivity contribution in [2.45, 2.75) is 6.18 Å². The molecule has 0 unspecified atom stereocenters. The number of rotatable bonds is 1. The number of hydrogen-bond donors (Lipinski definition) is 1. The summed E-state index contributed by atoms with van der Waals surface area (Å²) in [5.41, 5.74) is 6.99. The lowest BCUT2D eigenvalue weighted by Crippen LogP contribution is -2.06. The molecule has 21 heavy (non-hydrogen) atoms. The van der Waals surface area contributed by atoms with Crippen LogP contribution in [0, 0.1) is 0 Å². The van der Waals surface area contributed by atoms with Gasteiger partial charge in [-0.25, -0.2) is 4.98 Å². The highest BCUT2D eigenvalue weighted by Crippen LogP contribution is 2.34. The molecule has 0 saturated heterocycles. The summed E-state index contributed by atoms with van der Waals surface area (Å²) < 4.78 is 39.8. The molecule has 4 nitrogen and oxygen atoms in total. The molecule has 0 aliphatic rings. The second kappa shape index (κ2) is 4.47. The highest BCUT2D eigenvalue weighted by molar-refractivity contribution is 5.83. The molecule has 0 fully saturated rings. The first kappa shape index (κ1) is 13.4. The maximum Gasteiger partial charge on any atom is 0.416 e. The van der Waals surface area contributed by atoms with Crippen LogP contribution < -0.4 is 5.73 Å². The number of nitrogens with zero attached hydrogens (tertiary/aromatic N) is 3. The first-order valence-electron chi connectivity index (χ1n) is 6.11. The zero-order chi connectivity index (χ0) is 15.2. The molecule has 1 aromatic carbocycles. The van der Waals surface area contributed by atoms with Gasteiger partial charge in [0.25, 0.3) is 0 Å². The maximum absolute atomic E-state index is 12.7. The van der Waals surface area contributed by atoms with E-state index in [0.717, 1.165) is 17.6 Å². The zero-order valence-corrected chi connectivity index (χ0v) is 11.0. The highest BCUT2D eigenvalue weighted by Gasteiger charge is 2.31. The molecule has 0 spiro atoms. The number of benzene rings is 1. The highest BCUT2D eigenvalue weighted by atomic mass is 19.4. The fourth-order valence-electron chi connectivity index (χ4n) is 2.24. The minimum atomic E-state index is -4.41. The summed E-state index contributed by atoms with van der Waals surface area (Å²) in [7, 11) is 1.78. The minimum absolute atomic E-state index is 0.0381. The number of anilines is 1. The van der Waals surface area contributed by atoms with E-state index in [4.69, 9.17) is 5.73 Å². The second-order valence-corrected chi connectivity index (χ2v) is 4.66. The number of halogens is 3. The van der Waals surface area contributed by atoms with E-state index in [1.54, 1.807) is 30.1 Å². The summed E-state index contributed by atoms with van der Waals surface area (Å²) in [6, 6.07) is 5.05. The van der Waals surface area contributed by atoms with Gasteiger partial charge in [0.05, 0.1) is 17.3 Å². The SMILES string of the molecule is Cn1c(-c2ccc(C(F)(F)F)cc2N)nc2cnccc21. The summed E-state index contributed by atoms with van der Waals surface area (Å²) in [4.78, 5) is 8.35. The van der Waals surface area contributed by atoms with Gasteiger partial charge in [0, 0.05) is 24.5 Å². The Kier molecular flexibility index (Phi) is 2.86. The number of alkyl halides is 3. The van der Waals surface area contributed by atoms with Crippen LogP contribution in [0.2, 0.25) is 0 Å². The van der Waals surface area contributed by atoms with Gasteiger partial charge >= 0.3 is 6.18 Å². The van der Waals surface area contributed by atoms with E-state index >= 15 is 0 Å². The molecule has 0 radical (unpaired) electrons. The molecule has 3 aromatic rings. The van der Waals surface area contributed by atoms with E-state index in [0.29, 0.717) is 16.9 Å². The van der Waals surface area contributed by atoms with Gasteiger partial charge < -0.3 is 10.3 Å². The van der Waals surface area contributed by atoms with Gasteiger partial charge in [-0.3, -0.25) is 4.98 Å². The average molecular weight is 292 g/mol. The number of pyridine rings is 1. The summed E-state index contributed by atoms with van der Waals surface area (Å²) in [6.45, 7) is 0. The maximum atomic E-state index is 12.7. The Morgan fingerprint density at radius 3 is 2.57 bits per heavy atom. The molecule has 0 aliphatic heterocycles. The Balaban J connectivity index is 2.17. The molecular formula is C14H11F3N4. The molecular weight excluding hydrogens is 281 g/mol. The molecule has 0 bridgehead atoms. The number of nitrogen functional groups attached to an aromatic ring is 1. The van der Waals surface area contributed by atoms with Crippen LogP contribution in [0.5, 0.6) is 0 Å². The van der Waals surface area contributed by atoms with Crippen LogP contribution in [-0.2, 0) is 13.2 Å². The van der Waals surface area contributed by atoms with E-state index in [9.17, 15) is 13.2 Å². The first-order chi connectivity index (χ1) is 9.88. The Bertz CT molecular complexity index is 821. The van der Waals surface area contributed by atoms with Gasteiger partial charge in [-0.2, -0.15) is 13.2 Å². The predicted octanol–water partition coefficient (Wildman–Crippen LogP) is 3.24. The van der Waals surface area contributed by atoms with E-state index in [-0.39, 0.29) is 5.69 Å². The molecule has 0 aliphatic carbocycles. The minimum Gasteiger partial charge on any atom is -0.398 e. The lowest BCUT2D eigenvalue weighted by Gasteiger charge is -2.10. The Morgan fingerprint density at radius 1 is 1.19 bits per heavy atom. The lowest BCUT2D eigenvalue weighted by atomic mass is 10.1. The summed E-state index contributed by atoms with van der Waals surface area (Å²) in [6.07, 6.45) is -1.19. The molecule has 2 aromatic heterocycles. The average Bonchev–Trinajstić information content (AvgIpc) is 2.75. The summed E-state index contributed by atoms with van der Waals surface area (Å²) in [5, 5.41) is 0. The van der Waals surface area contributed by atoms with E-state index in [2.05, 4.69) is 9.97 Å². The lowest BCUT2D eigenvalue weighted by molar-refractivity contribution is -0.137. The number of hydrogen-bond acceptors (Lipinski definition) is 3. The third-order valence-corrected chi connectivity index (χ3v) is 3.30. The molecule has 3 rings (SSSR count). The van der Waals surface area contributed by atoms with Gasteiger partial charge in [-0.1, -0.05) is 0 Å². The van der Waals surface area contributed by atoms with Crippen molar-refractivity contribution in [3.63, 3.8) is 0 Å². The number of fused-ring (bicyclic) bond motifs is 1. The topological polar surface area (TPSA) is 56.7 Å². The molecule has 2 N–H and O–H groups in total. The van der Waals surface area contributed by atoms with Crippen LogP contribution in [0.15, 0.2) is 36.7 Å². The number of imidazole rings is 1. The van der Waals surface area contributed by atoms with E-state index in [1.807, 2.05) is 0 Å². The molecule has 7 heteroatoms. The van der Waals surface area contributed by atoms with Gasteiger partial charge in [0.2, 0.25) is 0 Å². The molecule has 0 atom stereocenters. The Hall–Kier alpha value is -2.57. The van der Waals surface area contributed by atoms with Crippen molar-refractivity contribution in [2.24, 2.45) is 7.05 Å². The van der Waals surface area contributed by atoms with Gasteiger partial charge in [-0.05, 0) is 24.3 Å². The van der Waals surface area contributed by atoms with Crippen molar-refractivity contribution < 1.29 is 13.2 Å². The van der Waals surface area contributed by atoms with E-state index < -0.39 is 11.7 Å². The normalized spacial score (nSPS) is 12.0.